The third kappa shape index (κ3) is 6.99. The molecule has 1 fully saturated rings. The Morgan fingerprint density at radius 1 is 1.33 bits per heavy atom. The normalized spacial score (nSPS) is 17.5. The molecule has 0 saturated carbocycles. The second-order valence-electron chi connectivity index (χ2n) is 7.24. The molecule has 11 heteroatoms. The van der Waals surface area contributed by atoms with Crippen LogP contribution in [0.5, 0.6) is 0 Å². The molecule has 1 aliphatic rings. The van der Waals surface area contributed by atoms with Gasteiger partial charge in [-0.2, -0.15) is 11.8 Å². The van der Waals surface area contributed by atoms with E-state index in [2.05, 4.69) is 10.0 Å². The number of likely N-dealkylation sites (tertiary alicyclic amines) is 1. The van der Waals surface area contributed by atoms with Crippen molar-refractivity contribution in [3.8, 4) is 0 Å². The molecule has 0 spiro atoms. The van der Waals surface area contributed by atoms with Crippen LogP contribution in [0.4, 0.5) is 0 Å². The first kappa shape index (κ1) is 24.2. The second kappa shape index (κ2) is 10.8. The van der Waals surface area contributed by atoms with E-state index < -0.39 is 22.1 Å². The van der Waals surface area contributed by atoms with Crippen LogP contribution in [0.15, 0.2) is 24.3 Å². The van der Waals surface area contributed by atoms with Gasteiger partial charge in [-0.1, -0.05) is 24.3 Å². The molecule has 2 atom stereocenters. The number of sulfonamides is 1. The van der Waals surface area contributed by atoms with Gasteiger partial charge in [-0.05, 0) is 36.8 Å². The summed E-state index contributed by atoms with van der Waals surface area (Å²) >= 11 is 1.53. The highest BCUT2D eigenvalue weighted by Gasteiger charge is 2.37. The van der Waals surface area contributed by atoms with Crippen LogP contribution >= 0.6 is 11.8 Å². The van der Waals surface area contributed by atoms with E-state index in [9.17, 15) is 18.0 Å². The molecule has 1 heterocycles. The Morgan fingerprint density at radius 2 is 2.00 bits per heavy atom. The molecule has 5 N–H and O–H groups in total. The van der Waals surface area contributed by atoms with Crippen LogP contribution in [0, 0.1) is 5.41 Å². The van der Waals surface area contributed by atoms with Gasteiger partial charge in [-0.3, -0.25) is 15.0 Å². The van der Waals surface area contributed by atoms with Gasteiger partial charge in [0.1, 0.15) is 17.9 Å². The standard InChI is InChI=1S/C19H29N5O4S2/c1-29-11-9-15(23-30(2,27)28)19(26)24-10-3-4-16(24)18(25)22-12-13-5-7-14(8-6-13)17(20)21/h5-8,15-16,23H,3-4,9-12H2,1-2H3,(H3,20,21)(H,22,25). The Bertz CT molecular complexity index is 873. The summed E-state index contributed by atoms with van der Waals surface area (Å²) < 4.78 is 25.8. The van der Waals surface area contributed by atoms with Crippen molar-refractivity contribution in [2.45, 2.75) is 37.9 Å². The number of amidine groups is 1. The molecule has 9 nitrogen and oxygen atoms in total. The van der Waals surface area contributed by atoms with E-state index in [1.165, 1.54) is 16.7 Å². The molecule has 0 aliphatic carbocycles. The maximum Gasteiger partial charge on any atom is 0.243 e. The van der Waals surface area contributed by atoms with Gasteiger partial charge in [0, 0.05) is 18.7 Å². The molecule has 1 aliphatic heterocycles. The summed E-state index contributed by atoms with van der Waals surface area (Å²) in [4.78, 5) is 27.2. The lowest BCUT2D eigenvalue weighted by Crippen LogP contribution is -2.53. The zero-order chi connectivity index (χ0) is 22.3. The Kier molecular flexibility index (Phi) is 8.68. The van der Waals surface area contributed by atoms with E-state index in [0.717, 1.165) is 11.8 Å². The van der Waals surface area contributed by atoms with Gasteiger partial charge in [-0.15, -0.1) is 0 Å². The summed E-state index contributed by atoms with van der Waals surface area (Å²) in [7, 11) is -3.55. The Balaban J connectivity index is 2.02. The van der Waals surface area contributed by atoms with E-state index in [0.29, 0.717) is 37.1 Å². The summed E-state index contributed by atoms with van der Waals surface area (Å²) in [6.45, 7) is 0.707. The van der Waals surface area contributed by atoms with E-state index >= 15 is 0 Å². The largest absolute Gasteiger partial charge is 0.384 e. The van der Waals surface area contributed by atoms with Crippen LogP contribution in [-0.4, -0.2) is 67.9 Å². The van der Waals surface area contributed by atoms with Gasteiger partial charge in [-0.25, -0.2) is 13.1 Å². The smallest absolute Gasteiger partial charge is 0.243 e. The fourth-order valence-electron chi connectivity index (χ4n) is 3.34. The lowest BCUT2D eigenvalue weighted by Gasteiger charge is -2.28. The molecule has 30 heavy (non-hydrogen) atoms. The summed E-state index contributed by atoms with van der Waals surface area (Å²) in [5.74, 6) is -0.0262. The number of nitrogen functional groups attached to an aromatic ring is 1. The van der Waals surface area contributed by atoms with Gasteiger partial charge < -0.3 is 16.0 Å². The van der Waals surface area contributed by atoms with Crippen molar-refractivity contribution in [3.63, 3.8) is 0 Å². The number of amides is 2. The fourth-order valence-corrected chi connectivity index (χ4v) is 4.55. The molecule has 1 saturated heterocycles. The highest BCUT2D eigenvalue weighted by molar-refractivity contribution is 7.98. The first-order valence-corrected chi connectivity index (χ1v) is 12.9. The van der Waals surface area contributed by atoms with Crippen LogP contribution in [-0.2, 0) is 26.2 Å². The number of carbonyl (C=O) groups excluding carboxylic acids is 2. The number of benzene rings is 1. The van der Waals surface area contributed by atoms with Crippen molar-refractivity contribution in [2.24, 2.45) is 5.73 Å². The van der Waals surface area contributed by atoms with Crippen LogP contribution < -0.4 is 15.8 Å². The molecule has 2 unspecified atom stereocenters. The lowest BCUT2D eigenvalue weighted by atomic mass is 10.1. The zero-order valence-corrected chi connectivity index (χ0v) is 18.8. The number of thioether (sulfide) groups is 1. The van der Waals surface area contributed by atoms with Gasteiger partial charge in [0.15, 0.2) is 0 Å². The van der Waals surface area contributed by atoms with Gasteiger partial charge >= 0.3 is 0 Å². The van der Waals surface area contributed by atoms with E-state index in [1.807, 2.05) is 6.26 Å². The van der Waals surface area contributed by atoms with Crippen molar-refractivity contribution in [1.29, 1.82) is 5.41 Å². The van der Waals surface area contributed by atoms with Crippen LogP contribution in [0.25, 0.3) is 0 Å². The SMILES string of the molecule is CSCCC(NS(C)(=O)=O)C(=O)N1CCCC1C(=O)NCc1ccc(C(=N)N)cc1. The summed E-state index contributed by atoms with van der Waals surface area (Å²) in [5.41, 5.74) is 6.89. The third-order valence-electron chi connectivity index (χ3n) is 4.84. The average molecular weight is 456 g/mol. The second-order valence-corrected chi connectivity index (χ2v) is 10.0. The molecular formula is C19H29N5O4S2. The lowest BCUT2D eigenvalue weighted by molar-refractivity contribution is -0.139. The molecule has 166 valence electrons. The first-order valence-electron chi connectivity index (χ1n) is 9.60. The molecule has 0 aromatic heterocycles. The number of carbonyl (C=O) groups is 2. The van der Waals surface area contributed by atoms with Crippen molar-refractivity contribution >= 4 is 39.4 Å². The Labute approximate surface area is 181 Å². The quantitative estimate of drug-likeness (QED) is 0.294. The average Bonchev–Trinajstić information content (AvgIpc) is 3.18. The molecule has 2 amide bonds. The predicted molar refractivity (Wildman–Crippen MR) is 119 cm³/mol. The number of nitrogens with one attached hydrogen (secondary N) is 3. The van der Waals surface area contributed by atoms with Crippen molar-refractivity contribution in [1.82, 2.24) is 14.9 Å². The zero-order valence-electron chi connectivity index (χ0n) is 17.2. The molecule has 0 bridgehead atoms. The minimum atomic E-state index is -3.55. The van der Waals surface area contributed by atoms with Gasteiger partial charge in [0.2, 0.25) is 21.8 Å². The predicted octanol–water partition coefficient (Wildman–Crippen LogP) is 0.249. The maximum absolute atomic E-state index is 13.0. The molecule has 1 aromatic rings. The van der Waals surface area contributed by atoms with Crippen molar-refractivity contribution in [3.05, 3.63) is 35.4 Å². The molecule has 0 radical (unpaired) electrons. The monoisotopic (exact) mass is 455 g/mol. The summed E-state index contributed by atoms with van der Waals surface area (Å²) in [5, 5.41) is 10.3. The fraction of sp³-hybridized carbons (Fsp3) is 0.526. The number of nitrogens with zero attached hydrogens (tertiary/aromatic N) is 1. The minimum Gasteiger partial charge on any atom is -0.384 e. The number of hydrogen-bond acceptors (Lipinski definition) is 6. The number of hydrogen-bond donors (Lipinski definition) is 4. The molecular weight excluding hydrogens is 426 g/mol. The van der Waals surface area contributed by atoms with E-state index in [-0.39, 0.29) is 24.2 Å². The van der Waals surface area contributed by atoms with Gasteiger partial charge in [0.05, 0.1) is 6.26 Å². The summed E-state index contributed by atoms with van der Waals surface area (Å²) in [6.07, 6.45) is 4.50. The molecule has 2 rings (SSSR count). The van der Waals surface area contributed by atoms with Crippen molar-refractivity contribution in [2.75, 3.05) is 24.8 Å². The van der Waals surface area contributed by atoms with Crippen LogP contribution in [0.1, 0.15) is 30.4 Å². The summed E-state index contributed by atoms with van der Waals surface area (Å²) in [6, 6.07) is 5.49. The van der Waals surface area contributed by atoms with Crippen LogP contribution in [0.3, 0.4) is 0 Å². The Morgan fingerprint density at radius 3 is 2.57 bits per heavy atom. The highest BCUT2D eigenvalue weighted by atomic mass is 32.2. The first-order chi connectivity index (χ1) is 14.1. The topological polar surface area (TPSA) is 145 Å². The van der Waals surface area contributed by atoms with Crippen molar-refractivity contribution < 1.29 is 18.0 Å². The number of nitrogens with two attached hydrogens (primary N) is 1. The Hall–Kier alpha value is -2.11. The van der Waals surface area contributed by atoms with Gasteiger partial charge in [0.25, 0.3) is 0 Å². The third-order valence-corrected chi connectivity index (χ3v) is 6.19. The minimum absolute atomic E-state index is 0.0237. The highest BCUT2D eigenvalue weighted by Crippen LogP contribution is 2.20. The van der Waals surface area contributed by atoms with E-state index in [4.69, 9.17) is 11.1 Å². The maximum atomic E-state index is 13.0. The van der Waals surface area contributed by atoms with E-state index in [1.54, 1.807) is 24.3 Å². The molecule has 1 aromatic carbocycles. The van der Waals surface area contributed by atoms with Crippen LogP contribution in [0.2, 0.25) is 0 Å². The number of rotatable bonds is 10.